The number of carbonyl (C=O) groups is 3. The van der Waals surface area contributed by atoms with Gasteiger partial charge in [0.1, 0.15) is 11.8 Å². The Bertz CT molecular complexity index is 1130. The molecule has 3 rings (SSSR count). The summed E-state index contributed by atoms with van der Waals surface area (Å²) in [6, 6.07) is 22.0. The lowest BCUT2D eigenvalue weighted by molar-refractivity contribution is -0.123. The Morgan fingerprint density at radius 3 is 2.09 bits per heavy atom. The Hall–Kier alpha value is -4.13. The summed E-state index contributed by atoms with van der Waals surface area (Å²) in [7, 11) is 1.55. The van der Waals surface area contributed by atoms with Crippen LogP contribution in [0.3, 0.4) is 0 Å². The maximum Gasteiger partial charge on any atom is 0.255 e. The minimum atomic E-state index is -0.775. The van der Waals surface area contributed by atoms with Crippen LogP contribution in [0, 0.1) is 0 Å². The molecule has 0 fully saturated rings. The Balaban J connectivity index is 1.79. The number of anilines is 1. The lowest BCUT2D eigenvalue weighted by Gasteiger charge is -2.21. The molecule has 0 radical (unpaired) electrons. The van der Waals surface area contributed by atoms with Gasteiger partial charge in [-0.1, -0.05) is 42.5 Å². The molecule has 0 unspecified atom stereocenters. The van der Waals surface area contributed by atoms with Crippen molar-refractivity contribution >= 4 is 23.4 Å². The zero-order valence-corrected chi connectivity index (χ0v) is 19.5. The van der Waals surface area contributed by atoms with Gasteiger partial charge in [0.05, 0.1) is 18.4 Å². The van der Waals surface area contributed by atoms with Crippen LogP contribution in [0.5, 0.6) is 5.75 Å². The van der Waals surface area contributed by atoms with Crippen molar-refractivity contribution in [3.05, 3.63) is 95.6 Å². The van der Waals surface area contributed by atoms with Gasteiger partial charge in [-0.25, -0.2) is 0 Å². The summed E-state index contributed by atoms with van der Waals surface area (Å²) in [6.45, 7) is 3.73. The van der Waals surface area contributed by atoms with E-state index in [1.54, 1.807) is 55.6 Å². The predicted octanol–water partition coefficient (Wildman–Crippen LogP) is 3.81. The molecule has 7 nitrogen and oxygen atoms in total. The van der Waals surface area contributed by atoms with E-state index in [0.29, 0.717) is 23.4 Å². The summed E-state index contributed by atoms with van der Waals surface area (Å²) >= 11 is 0. The van der Waals surface area contributed by atoms with Crippen LogP contribution < -0.4 is 20.7 Å². The van der Waals surface area contributed by atoms with Crippen LogP contribution >= 0.6 is 0 Å². The van der Waals surface area contributed by atoms with Gasteiger partial charge in [-0.3, -0.25) is 14.4 Å². The normalized spacial score (nSPS) is 11.4. The van der Waals surface area contributed by atoms with Crippen LogP contribution in [0.15, 0.2) is 78.9 Å². The Labute approximate surface area is 199 Å². The van der Waals surface area contributed by atoms with Crippen molar-refractivity contribution in [1.82, 2.24) is 10.6 Å². The lowest BCUT2D eigenvalue weighted by atomic mass is 10.0. The topological polar surface area (TPSA) is 96.5 Å². The number of rotatable bonds is 9. The molecule has 1 atom stereocenters. The van der Waals surface area contributed by atoms with Crippen LogP contribution in [0.1, 0.15) is 40.1 Å². The van der Waals surface area contributed by atoms with Crippen LogP contribution in [0.2, 0.25) is 0 Å². The van der Waals surface area contributed by atoms with Crippen molar-refractivity contribution in [2.75, 3.05) is 12.4 Å². The van der Waals surface area contributed by atoms with Gasteiger partial charge in [0.2, 0.25) is 5.91 Å². The van der Waals surface area contributed by atoms with E-state index in [-0.39, 0.29) is 23.4 Å². The SMILES string of the molecule is COc1ccc(C(=O)Nc2ccccc2C(=O)N[C@@H](Cc2ccccc2)C(=O)NC(C)C)cc1. The molecule has 0 saturated heterocycles. The number of hydrogen-bond acceptors (Lipinski definition) is 4. The van der Waals surface area contributed by atoms with Crippen molar-refractivity contribution in [2.24, 2.45) is 0 Å². The largest absolute Gasteiger partial charge is 0.497 e. The lowest BCUT2D eigenvalue weighted by Crippen LogP contribution is -2.49. The Morgan fingerprint density at radius 2 is 1.44 bits per heavy atom. The first kappa shape index (κ1) is 24.5. The highest BCUT2D eigenvalue weighted by Crippen LogP contribution is 2.18. The molecule has 34 heavy (non-hydrogen) atoms. The first-order valence-electron chi connectivity index (χ1n) is 11.1. The summed E-state index contributed by atoms with van der Waals surface area (Å²) < 4.78 is 5.12. The molecule has 0 heterocycles. The Kier molecular flexibility index (Phi) is 8.40. The van der Waals surface area contributed by atoms with Gasteiger partial charge in [-0.05, 0) is 55.8 Å². The predicted molar refractivity (Wildman–Crippen MR) is 132 cm³/mol. The fourth-order valence-electron chi connectivity index (χ4n) is 3.41. The van der Waals surface area contributed by atoms with Gasteiger partial charge in [0.25, 0.3) is 11.8 Å². The zero-order chi connectivity index (χ0) is 24.5. The first-order valence-corrected chi connectivity index (χ1v) is 11.1. The molecule has 3 amide bonds. The summed E-state index contributed by atoms with van der Waals surface area (Å²) in [5, 5.41) is 8.49. The molecular weight excluding hydrogens is 430 g/mol. The number of carbonyl (C=O) groups excluding carboxylic acids is 3. The minimum absolute atomic E-state index is 0.0706. The molecule has 0 bridgehead atoms. The molecule has 3 aromatic rings. The van der Waals surface area contributed by atoms with E-state index in [1.807, 2.05) is 44.2 Å². The molecular formula is C27H29N3O4. The van der Waals surface area contributed by atoms with E-state index in [2.05, 4.69) is 16.0 Å². The van der Waals surface area contributed by atoms with Gasteiger partial charge in [0.15, 0.2) is 0 Å². The molecule has 176 valence electrons. The van der Waals surface area contributed by atoms with E-state index in [9.17, 15) is 14.4 Å². The Morgan fingerprint density at radius 1 is 0.794 bits per heavy atom. The molecule has 7 heteroatoms. The number of ether oxygens (including phenoxy) is 1. The van der Waals surface area contributed by atoms with E-state index in [1.165, 1.54) is 0 Å². The maximum atomic E-state index is 13.2. The second-order valence-corrected chi connectivity index (χ2v) is 8.11. The monoisotopic (exact) mass is 459 g/mol. The van der Waals surface area contributed by atoms with Crippen molar-refractivity contribution in [3.8, 4) is 5.75 Å². The molecule has 0 aliphatic carbocycles. The average molecular weight is 460 g/mol. The standard InChI is InChI=1S/C27H29N3O4/c1-18(2)28-27(33)24(17-19-9-5-4-6-10-19)30-26(32)22-11-7-8-12-23(22)29-25(31)20-13-15-21(34-3)16-14-20/h4-16,18,24H,17H2,1-3H3,(H,28,33)(H,29,31)(H,30,32)/t24-/m0/s1. The molecule has 3 N–H and O–H groups in total. The zero-order valence-electron chi connectivity index (χ0n) is 19.5. The van der Waals surface area contributed by atoms with Gasteiger partial charge in [-0.15, -0.1) is 0 Å². The van der Waals surface area contributed by atoms with E-state index < -0.39 is 11.9 Å². The van der Waals surface area contributed by atoms with E-state index in [0.717, 1.165) is 5.56 Å². The van der Waals surface area contributed by atoms with Crippen molar-refractivity contribution in [2.45, 2.75) is 32.4 Å². The van der Waals surface area contributed by atoms with Gasteiger partial charge in [-0.2, -0.15) is 0 Å². The van der Waals surface area contributed by atoms with E-state index in [4.69, 9.17) is 4.74 Å². The maximum absolute atomic E-state index is 13.2. The second-order valence-electron chi connectivity index (χ2n) is 8.11. The van der Waals surface area contributed by atoms with Gasteiger partial charge >= 0.3 is 0 Å². The third-order valence-electron chi connectivity index (χ3n) is 5.11. The highest BCUT2D eigenvalue weighted by molar-refractivity contribution is 6.09. The highest BCUT2D eigenvalue weighted by atomic mass is 16.5. The summed E-state index contributed by atoms with van der Waals surface area (Å²) in [6.07, 6.45) is 0.339. The fraction of sp³-hybridized carbons (Fsp3) is 0.222. The number of amides is 3. The van der Waals surface area contributed by atoms with Crippen molar-refractivity contribution in [1.29, 1.82) is 0 Å². The second kappa shape index (κ2) is 11.7. The fourth-order valence-corrected chi connectivity index (χ4v) is 3.41. The first-order chi connectivity index (χ1) is 16.4. The van der Waals surface area contributed by atoms with Crippen LogP contribution in [0.4, 0.5) is 5.69 Å². The molecule has 0 aliphatic heterocycles. The number of nitrogens with one attached hydrogen (secondary N) is 3. The van der Waals surface area contributed by atoms with Crippen LogP contribution in [-0.2, 0) is 11.2 Å². The molecule has 0 saturated carbocycles. The summed E-state index contributed by atoms with van der Waals surface area (Å²) in [4.78, 5) is 38.8. The number of benzene rings is 3. The number of methoxy groups -OCH3 is 1. The molecule has 3 aromatic carbocycles. The van der Waals surface area contributed by atoms with Crippen molar-refractivity contribution in [3.63, 3.8) is 0 Å². The minimum Gasteiger partial charge on any atom is -0.497 e. The van der Waals surface area contributed by atoms with Crippen LogP contribution in [0.25, 0.3) is 0 Å². The molecule has 0 aromatic heterocycles. The number of para-hydroxylation sites is 1. The summed E-state index contributed by atoms with van der Waals surface area (Å²) in [5.74, 6) is -0.445. The summed E-state index contributed by atoms with van der Waals surface area (Å²) in [5.41, 5.74) is 1.96. The molecule has 0 aliphatic rings. The smallest absolute Gasteiger partial charge is 0.255 e. The van der Waals surface area contributed by atoms with Gasteiger partial charge < -0.3 is 20.7 Å². The van der Waals surface area contributed by atoms with Gasteiger partial charge in [0, 0.05) is 18.0 Å². The third kappa shape index (κ3) is 6.68. The quantitative estimate of drug-likeness (QED) is 0.453. The average Bonchev–Trinajstić information content (AvgIpc) is 2.84. The third-order valence-corrected chi connectivity index (χ3v) is 5.11. The highest BCUT2D eigenvalue weighted by Gasteiger charge is 2.24. The van der Waals surface area contributed by atoms with E-state index >= 15 is 0 Å². The van der Waals surface area contributed by atoms with Crippen molar-refractivity contribution < 1.29 is 19.1 Å². The molecule has 0 spiro atoms. The number of hydrogen-bond donors (Lipinski definition) is 3. The van der Waals surface area contributed by atoms with Crippen LogP contribution in [-0.4, -0.2) is 36.9 Å².